The van der Waals surface area contributed by atoms with Gasteiger partial charge in [-0.25, -0.2) is 0 Å². The fraction of sp³-hybridized carbons (Fsp3) is 0.438. The number of aliphatic hydroxyl groups excluding tert-OH is 1. The van der Waals surface area contributed by atoms with Gasteiger partial charge in [0, 0.05) is 24.5 Å². The maximum absolute atomic E-state index is 12.2. The van der Waals surface area contributed by atoms with Crippen LogP contribution in [0.3, 0.4) is 0 Å². The van der Waals surface area contributed by atoms with Crippen molar-refractivity contribution in [2.45, 2.75) is 18.9 Å². The summed E-state index contributed by atoms with van der Waals surface area (Å²) in [6, 6.07) is 9.98. The number of aromatic amines is 1. The summed E-state index contributed by atoms with van der Waals surface area (Å²) in [6.07, 6.45) is 2.33. The van der Waals surface area contributed by atoms with Crippen LogP contribution in [-0.2, 0) is 0 Å². The number of rotatable bonds is 5. The summed E-state index contributed by atoms with van der Waals surface area (Å²) >= 11 is 0. The third-order valence-electron chi connectivity index (χ3n) is 4.05. The number of benzene rings is 1. The predicted molar refractivity (Wildman–Crippen MR) is 84.9 cm³/mol. The van der Waals surface area contributed by atoms with E-state index >= 15 is 0 Å². The molecule has 5 nitrogen and oxygen atoms in total. The number of anilines is 1. The Labute approximate surface area is 123 Å². The Morgan fingerprint density at radius 3 is 2.95 bits per heavy atom. The minimum atomic E-state index is -0.0783. The molecule has 2 aromatic rings. The van der Waals surface area contributed by atoms with Gasteiger partial charge >= 0.3 is 0 Å². The highest BCUT2D eigenvalue weighted by Gasteiger charge is 2.18. The standard InChI is InChI=1S/C16H21N3O2/c20-9-8-19(11-13-5-3-7-17-13)15-10-12-4-1-2-6-14(12)16(21)18-15/h1-2,4,6,10,13,17,20H,3,5,7-9,11H2,(H,18,21). The maximum Gasteiger partial charge on any atom is 0.257 e. The molecule has 1 fully saturated rings. The van der Waals surface area contributed by atoms with E-state index in [2.05, 4.69) is 15.2 Å². The van der Waals surface area contributed by atoms with E-state index in [1.165, 1.54) is 6.42 Å². The average molecular weight is 287 g/mol. The van der Waals surface area contributed by atoms with Crippen LogP contribution in [0.1, 0.15) is 12.8 Å². The van der Waals surface area contributed by atoms with Crippen molar-refractivity contribution in [3.05, 3.63) is 40.7 Å². The van der Waals surface area contributed by atoms with Crippen LogP contribution in [-0.4, -0.2) is 42.4 Å². The topological polar surface area (TPSA) is 68.4 Å². The van der Waals surface area contributed by atoms with Crippen LogP contribution in [0.15, 0.2) is 35.1 Å². The van der Waals surface area contributed by atoms with Crippen molar-refractivity contribution in [1.29, 1.82) is 0 Å². The Morgan fingerprint density at radius 1 is 1.33 bits per heavy atom. The average Bonchev–Trinajstić information content (AvgIpc) is 3.00. The lowest BCUT2D eigenvalue weighted by Crippen LogP contribution is -2.40. The second-order valence-electron chi connectivity index (χ2n) is 5.53. The molecule has 1 unspecified atom stereocenters. The minimum absolute atomic E-state index is 0.0710. The molecule has 3 N–H and O–H groups in total. The van der Waals surface area contributed by atoms with Crippen molar-refractivity contribution in [3.8, 4) is 0 Å². The highest BCUT2D eigenvalue weighted by atomic mass is 16.3. The predicted octanol–water partition coefficient (Wildman–Crippen LogP) is 1.08. The number of aliphatic hydroxyl groups is 1. The first kappa shape index (κ1) is 14.1. The quantitative estimate of drug-likeness (QED) is 0.770. The molecule has 5 heteroatoms. The lowest BCUT2D eigenvalue weighted by molar-refractivity contribution is 0.300. The van der Waals surface area contributed by atoms with Gasteiger partial charge in [0.25, 0.3) is 5.56 Å². The van der Waals surface area contributed by atoms with Gasteiger partial charge in [0.05, 0.1) is 6.61 Å². The molecule has 0 bridgehead atoms. The molecular weight excluding hydrogens is 266 g/mol. The number of hydrogen-bond donors (Lipinski definition) is 3. The van der Waals surface area contributed by atoms with Crippen molar-refractivity contribution in [3.63, 3.8) is 0 Å². The first-order valence-corrected chi connectivity index (χ1v) is 7.49. The van der Waals surface area contributed by atoms with Crippen molar-refractivity contribution in [2.75, 3.05) is 31.1 Å². The molecular formula is C16H21N3O2. The minimum Gasteiger partial charge on any atom is -0.395 e. The Morgan fingerprint density at radius 2 is 2.19 bits per heavy atom. The van der Waals surface area contributed by atoms with Crippen molar-refractivity contribution < 1.29 is 5.11 Å². The number of fused-ring (bicyclic) bond motifs is 1. The van der Waals surface area contributed by atoms with Gasteiger partial charge in [-0.2, -0.15) is 0 Å². The summed E-state index contributed by atoms with van der Waals surface area (Å²) in [5.41, 5.74) is -0.0783. The zero-order valence-corrected chi connectivity index (χ0v) is 12.0. The molecule has 0 aliphatic carbocycles. The summed E-state index contributed by atoms with van der Waals surface area (Å²) in [5, 5.41) is 14.4. The van der Waals surface area contributed by atoms with E-state index < -0.39 is 0 Å². The molecule has 1 aliphatic heterocycles. The first-order chi connectivity index (χ1) is 10.3. The normalized spacial score (nSPS) is 18.2. The van der Waals surface area contributed by atoms with E-state index in [4.69, 9.17) is 0 Å². The second kappa shape index (κ2) is 6.28. The van der Waals surface area contributed by atoms with Gasteiger partial charge in [-0.05, 0) is 36.9 Å². The Hall–Kier alpha value is -1.85. The number of nitrogens with one attached hydrogen (secondary N) is 2. The molecule has 0 saturated carbocycles. The molecule has 0 amide bonds. The van der Waals surface area contributed by atoms with Crippen LogP contribution in [0.4, 0.5) is 5.82 Å². The van der Waals surface area contributed by atoms with Gasteiger partial charge < -0.3 is 20.3 Å². The molecule has 1 aliphatic rings. The molecule has 112 valence electrons. The molecule has 1 aromatic carbocycles. The van der Waals surface area contributed by atoms with E-state index in [9.17, 15) is 9.90 Å². The van der Waals surface area contributed by atoms with Gasteiger partial charge in [0.1, 0.15) is 5.82 Å². The van der Waals surface area contributed by atoms with E-state index in [1.807, 2.05) is 30.3 Å². The highest BCUT2D eigenvalue weighted by molar-refractivity contribution is 5.83. The molecule has 1 aromatic heterocycles. The van der Waals surface area contributed by atoms with Crippen LogP contribution < -0.4 is 15.8 Å². The molecule has 3 rings (SSSR count). The van der Waals surface area contributed by atoms with Crippen molar-refractivity contribution in [1.82, 2.24) is 10.3 Å². The van der Waals surface area contributed by atoms with Gasteiger partial charge in [-0.3, -0.25) is 4.79 Å². The van der Waals surface area contributed by atoms with Crippen LogP contribution in [0, 0.1) is 0 Å². The van der Waals surface area contributed by atoms with Crippen molar-refractivity contribution >= 4 is 16.6 Å². The van der Waals surface area contributed by atoms with Gasteiger partial charge in [-0.15, -0.1) is 0 Å². The van der Waals surface area contributed by atoms with Crippen LogP contribution in [0.5, 0.6) is 0 Å². The Kier molecular flexibility index (Phi) is 4.22. The summed E-state index contributed by atoms with van der Waals surface area (Å²) in [7, 11) is 0. The zero-order chi connectivity index (χ0) is 14.7. The van der Waals surface area contributed by atoms with Gasteiger partial charge in [-0.1, -0.05) is 18.2 Å². The van der Waals surface area contributed by atoms with Crippen LogP contribution in [0.25, 0.3) is 10.8 Å². The lowest BCUT2D eigenvalue weighted by Gasteiger charge is -2.27. The smallest absolute Gasteiger partial charge is 0.257 e. The summed E-state index contributed by atoms with van der Waals surface area (Å²) in [6.45, 7) is 2.44. The fourth-order valence-corrected chi connectivity index (χ4v) is 2.98. The SMILES string of the molecule is O=c1[nH]c(N(CCO)CC2CCCN2)cc2ccccc12. The largest absolute Gasteiger partial charge is 0.395 e. The van der Waals surface area contributed by atoms with E-state index in [-0.39, 0.29) is 12.2 Å². The number of nitrogens with zero attached hydrogens (tertiary/aromatic N) is 1. The molecule has 2 heterocycles. The summed E-state index contributed by atoms with van der Waals surface area (Å²) in [5.74, 6) is 0.779. The van der Waals surface area contributed by atoms with E-state index in [1.54, 1.807) is 0 Å². The third kappa shape index (κ3) is 3.09. The van der Waals surface area contributed by atoms with Gasteiger partial charge in [0.2, 0.25) is 0 Å². The zero-order valence-electron chi connectivity index (χ0n) is 12.0. The van der Waals surface area contributed by atoms with Crippen LogP contribution in [0.2, 0.25) is 0 Å². The highest BCUT2D eigenvalue weighted by Crippen LogP contribution is 2.18. The number of pyridine rings is 1. The molecule has 21 heavy (non-hydrogen) atoms. The summed E-state index contributed by atoms with van der Waals surface area (Å²) in [4.78, 5) is 17.2. The first-order valence-electron chi connectivity index (χ1n) is 7.49. The second-order valence-corrected chi connectivity index (χ2v) is 5.53. The molecule has 1 atom stereocenters. The Balaban J connectivity index is 1.92. The number of aromatic nitrogens is 1. The number of H-pyrrole nitrogens is 1. The molecule has 0 radical (unpaired) electrons. The lowest BCUT2D eigenvalue weighted by atomic mass is 10.1. The molecule has 1 saturated heterocycles. The van der Waals surface area contributed by atoms with E-state index in [0.29, 0.717) is 18.0 Å². The summed E-state index contributed by atoms with van der Waals surface area (Å²) < 4.78 is 0. The fourth-order valence-electron chi connectivity index (χ4n) is 2.98. The third-order valence-corrected chi connectivity index (χ3v) is 4.05. The van der Waals surface area contributed by atoms with Crippen LogP contribution >= 0.6 is 0 Å². The van der Waals surface area contributed by atoms with Crippen molar-refractivity contribution in [2.24, 2.45) is 0 Å². The maximum atomic E-state index is 12.2. The monoisotopic (exact) mass is 287 g/mol. The van der Waals surface area contributed by atoms with E-state index in [0.717, 1.165) is 30.7 Å². The number of hydrogen-bond acceptors (Lipinski definition) is 4. The Bertz CT molecular complexity index is 662. The molecule has 0 spiro atoms. The van der Waals surface area contributed by atoms with Gasteiger partial charge in [0.15, 0.2) is 0 Å².